The third-order valence-corrected chi connectivity index (χ3v) is 8.72. The molecule has 8 heteroatoms. The maximum absolute atomic E-state index is 13.9. The number of nitrogens with zero attached hydrogens (tertiary/aromatic N) is 4. The monoisotopic (exact) mass is 584 g/mol. The fraction of sp³-hybridized carbons (Fsp3) is 0.676. The topological polar surface area (TPSA) is 50.3 Å². The average Bonchev–Trinajstić information content (AvgIpc) is 3.48. The van der Waals surface area contributed by atoms with E-state index in [4.69, 9.17) is 19.2 Å². The molecule has 3 aliphatic heterocycles. The van der Waals surface area contributed by atoms with Crippen LogP contribution in [0.25, 0.3) is 0 Å². The Bertz CT molecular complexity index is 1040. The first-order valence-corrected chi connectivity index (χ1v) is 16.5. The van der Waals surface area contributed by atoms with Gasteiger partial charge in [-0.15, -0.1) is 0 Å². The molecular formula is C34H53FN4O3. The third-order valence-electron chi connectivity index (χ3n) is 8.72. The van der Waals surface area contributed by atoms with Crippen molar-refractivity contribution in [2.75, 3.05) is 80.5 Å². The van der Waals surface area contributed by atoms with Crippen molar-refractivity contribution in [2.24, 2.45) is 5.92 Å². The minimum absolute atomic E-state index is 0.158. The molecule has 0 saturated carbocycles. The van der Waals surface area contributed by atoms with Crippen molar-refractivity contribution >= 4 is 17.2 Å². The third kappa shape index (κ3) is 9.04. The zero-order valence-corrected chi connectivity index (χ0v) is 26.2. The molecule has 0 spiro atoms. The summed E-state index contributed by atoms with van der Waals surface area (Å²) in [6.45, 7) is 14.5. The highest BCUT2D eigenvalue weighted by Crippen LogP contribution is 2.37. The van der Waals surface area contributed by atoms with E-state index in [1.807, 2.05) is 32.2 Å². The molecule has 1 aromatic heterocycles. The summed E-state index contributed by atoms with van der Waals surface area (Å²) in [7, 11) is 0. The van der Waals surface area contributed by atoms with Gasteiger partial charge in [-0.25, -0.2) is 9.37 Å². The number of benzene rings is 1. The Morgan fingerprint density at radius 2 is 1.48 bits per heavy atom. The van der Waals surface area contributed by atoms with Crippen LogP contribution in [0.5, 0.6) is 0 Å². The van der Waals surface area contributed by atoms with Crippen molar-refractivity contribution in [3.8, 4) is 0 Å². The number of fused-ring (bicyclic) bond motifs is 1. The predicted octanol–water partition coefficient (Wildman–Crippen LogP) is 6.56. The maximum Gasteiger partial charge on any atom is 0.130 e. The zero-order chi connectivity index (χ0) is 29.6. The smallest absolute Gasteiger partial charge is 0.130 e. The van der Waals surface area contributed by atoms with Crippen LogP contribution in [0.3, 0.4) is 0 Å². The van der Waals surface area contributed by atoms with E-state index < -0.39 is 0 Å². The Hall–Kier alpha value is -2.42. The molecule has 4 heterocycles. The highest BCUT2D eigenvalue weighted by atomic mass is 19.1. The van der Waals surface area contributed by atoms with Crippen molar-refractivity contribution in [3.05, 3.63) is 48.4 Å². The van der Waals surface area contributed by atoms with E-state index in [0.717, 1.165) is 88.9 Å². The highest BCUT2D eigenvalue weighted by molar-refractivity contribution is 5.58. The maximum atomic E-state index is 13.9. The van der Waals surface area contributed by atoms with Gasteiger partial charge >= 0.3 is 0 Å². The van der Waals surface area contributed by atoms with Crippen LogP contribution in [-0.4, -0.2) is 82.9 Å². The molecule has 42 heavy (non-hydrogen) atoms. The number of hydrogen-bond donors (Lipinski definition) is 0. The summed E-state index contributed by atoms with van der Waals surface area (Å²) in [5.74, 6) is 1.64. The summed E-state index contributed by atoms with van der Waals surface area (Å²) in [6.07, 6.45) is 9.90. The van der Waals surface area contributed by atoms with Crippen LogP contribution in [0.1, 0.15) is 65.7 Å². The fourth-order valence-corrected chi connectivity index (χ4v) is 6.62. The van der Waals surface area contributed by atoms with Crippen LogP contribution in [0.2, 0.25) is 0 Å². The van der Waals surface area contributed by atoms with Gasteiger partial charge in [0.05, 0.1) is 38.5 Å². The highest BCUT2D eigenvalue weighted by Gasteiger charge is 2.41. The quantitative estimate of drug-likeness (QED) is 0.233. The summed E-state index contributed by atoms with van der Waals surface area (Å²) in [5.41, 5.74) is 2.29. The van der Waals surface area contributed by atoms with Crippen LogP contribution >= 0.6 is 0 Å². The van der Waals surface area contributed by atoms with E-state index in [1.54, 1.807) is 6.07 Å². The number of hydrogen-bond acceptors (Lipinski definition) is 7. The van der Waals surface area contributed by atoms with Crippen LogP contribution < -0.4 is 14.7 Å². The summed E-state index contributed by atoms with van der Waals surface area (Å²) < 4.78 is 30.7. The molecule has 5 rings (SSSR count). The molecule has 7 nitrogen and oxygen atoms in total. The minimum Gasteiger partial charge on any atom is -0.379 e. The van der Waals surface area contributed by atoms with E-state index in [9.17, 15) is 4.39 Å². The Morgan fingerprint density at radius 1 is 0.762 bits per heavy atom. The molecule has 3 aliphatic rings. The molecule has 3 saturated heterocycles. The second kappa shape index (κ2) is 17.6. The van der Waals surface area contributed by atoms with Crippen molar-refractivity contribution in [3.63, 3.8) is 0 Å². The SMILES string of the molecule is CC.CCCOCCOCCOCCC1CCN(c2ccnc(N3CC[C@@H]4[C@H]3CCCN4c3cccc(F)c3)c2)CC1. The summed E-state index contributed by atoms with van der Waals surface area (Å²) in [6, 6.07) is 12.4. The van der Waals surface area contributed by atoms with Crippen molar-refractivity contribution < 1.29 is 18.6 Å². The van der Waals surface area contributed by atoms with Gasteiger partial charge in [-0.1, -0.05) is 26.8 Å². The Labute approximate surface area is 253 Å². The molecule has 1 aromatic carbocycles. The molecule has 0 amide bonds. The van der Waals surface area contributed by atoms with Gasteiger partial charge < -0.3 is 28.9 Å². The standard InChI is InChI=1S/C32H47FN4O3.C2H6/c1-2-18-38-20-22-40-23-21-39-19-12-26-9-15-35(16-10-26)28-8-13-34-32(25-28)37-17-11-31-30(37)7-4-14-36(31)29-6-3-5-27(33)24-29;1-2/h3,5-6,8,13,24-26,30-31H,2,4,7,9-12,14-23H2,1H3;1-2H3/t30-,31-;/m1./s1. The van der Waals surface area contributed by atoms with Gasteiger partial charge in [0.1, 0.15) is 11.6 Å². The van der Waals surface area contributed by atoms with Crippen molar-refractivity contribution in [1.29, 1.82) is 0 Å². The number of piperidine rings is 2. The molecular weight excluding hydrogens is 531 g/mol. The average molecular weight is 585 g/mol. The van der Waals surface area contributed by atoms with Gasteiger partial charge in [0.15, 0.2) is 0 Å². The van der Waals surface area contributed by atoms with Crippen LogP contribution in [0.4, 0.5) is 21.6 Å². The largest absolute Gasteiger partial charge is 0.379 e. The van der Waals surface area contributed by atoms with Crippen LogP contribution in [-0.2, 0) is 14.2 Å². The Morgan fingerprint density at radius 3 is 2.21 bits per heavy atom. The Balaban J connectivity index is 0.00000198. The number of aromatic nitrogens is 1. The van der Waals surface area contributed by atoms with E-state index in [2.05, 4.69) is 33.8 Å². The number of halogens is 1. The first kappa shape index (κ1) is 32.5. The lowest BCUT2D eigenvalue weighted by molar-refractivity contribution is 0.0119. The lowest BCUT2D eigenvalue weighted by Crippen LogP contribution is -2.50. The van der Waals surface area contributed by atoms with Gasteiger partial charge in [-0.3, -0.25) is 0 Å². The first-order valence-electron chi connectivity index (χ1n) is 16.5. The second-order valence-corrected chi connectivity index (χ2v) is 11.4. The molecule has 2 aromatic rings. The zero-order valence-electron chi connectivity index (χ0n) is 26.2. The predicted molar refractivity (Wildman–Crippen MR) is 170 cm³/mol. The molecule has 0 bridgehead atoms. The minimum atomic E-state index is -0.158. The summed E-state index contributed by atoms with van der Waals surface area (Å²) >= 11 is 0. The van der Waals surface area contributed by atoms with Gasteiger partial charge in [0.25, 0.3) is 0 Å². The van der Waals surface area contributed by atoms with Gasteiger partial charge in [-0.05, 0) is 75.1 Å². The van der Waals surface area contributed by atoms with Crippen LogP contribution in [0, 0.1) is 11.7 Å². The van der Waals surface area contributed by atoms with Gasteiger partial charge in [0, 0.05) is 63.0 Å². The van der Waals surface area contributed by atoms with E-state index in [1.165, 1.54) is 24.6 Å². The van der Waals surface area contributed by atoms with E-state index in [-0.39, 0.29) is 5.82 Å². The fourth-order valence-electron chi connectivity index (χ4n) is 6.62. The number of ether oxygens (including phenoxy) is 3. The molecule has 0 radical (unpaired) electrons. The van der Waals surface area contributed by atoms with Crippen LogP contribution in [0.15, 0.2) is 42.6 Å². The van der Waals surface area contributed by atoms with Crippen molar-refractivity contribution in [2.45, 2.75) is 77.8 Å². The molecule has 2 atom stereocenters. The molecule has 0 aliphatic carbocycles. The van der Waals surface area contributed by atoms with E-state index in [0.29, 0.717) is 38.5 Å². The molecule has 3 fully saturated rings. The number of pyridine rings is 1. The number of anilines is 3. The number of rotatable bonds is 14. The lowest BCUT2D eigenvalue weighted by atomic mass is 9.93. The summed E-state index contributed by atoms with van der Waals surface area (Å²) in [4.78, 5) is 12.3. The van der Waals surface area contributed by atoms with Crippen molar-refractivity contribution in [1.82, 2.24) is 4.98 Å². The molecule has 0 N–H and O–H groups in total. The van der Waals surface area contributed by atoms with E-state index >= 15 is 0 Å². The van der Waals surface area contributed by atoms with Gasteiger partial charge in [0.2, 0.25) is 0 Å². The Kier molecular flexibility index (Phi) is 13.6. The summed E-state index contributed by atoms with van der Waals surface area (Å²) in [5, 5.41) is 0. The second-order valence-electron chi connectivity index (χ2n) is 11.4. The lowest BCUT2D eigenvalue weighted by Gasteiger charge is -2.41. The van der Waals surface area contributed by atoms with Gasteiger partial charge in [-0.2, -0.15) is 0 Å². The molecule has 0 unspecified atom stereocenters. The normalized spacial score (nSPS) is 20.8. The first-order chi connectivity index (χ1) is 20.7. The molecule has 234 valence electrons.